The first kappa shape index (κ1) is 11.2. The number of tetrazole rings is 1. The van der Waals surface area contributed by atoms with E-state index in [0.29, 0.717) is 21.8 Å². The number of aromatic nitrogens is 5. The van der Waals surface area contributed by atoms with Gasteiger partial charge in [-0.25, -0.2) is 9.67 Å². The van der Waals surface area contributed by atoms with Crippen LogP contribution in [0.15, 0.2) is 22.3 Å². The molecule has 0 spiro atoms. The number of nitrogens with zero attached hydrogens (tertiary/aromatic N) is 6. The van der Waals surface area contributed by atoms with E-state index in [9.17, 15) is 0 Å². The maximum absolute atomic E-state index is 9.07. The molecule has 0 atom stereocenters. The Morgan fingerprint density at radius 2 is 2.28 bits per heavy atom. The van der Waals surface area contributed by atoms with E-state index in [4.69, 9.17) is 5.26 Å². The number of hydrogen-bond acceptors (Lipinski definition) is 6. The fourth-order valence-corrected chi connectivity index (χ4v) is 2.53. The molecular weight excluding hydrogens is 248 g/mol. The smallest absolute Gasteiger partial charge is 0.215 e. The third-order valence-corrected chi connectivity index (χ3v) is 3.62. The van der Waals surface area contributed by atoms with Gasteiger partial charge in [-0.2, -0.15) is 5.26 Å². The molecule has 0 radical (unpaired) electrons. The Morgan fingerprint density at radius 3 is 3.00 bits per heavy atom. The molecular formula is C11H10N6S. The molecule has 0 unspecified atom stereocenters. The molecule has 1 fully saturated rings. The van der Waals surface area contributed by atoms with E-state index in [0.717, 1.165) is 18.5 Å². The zero-order valence-corrected chi connectivity index (χ0v) is 10.6. The Balaban J connectivity index is 1.94. The maximum atomic E-state index is 9.07. The monoisotopic (exact) mass is 258 g/mol. The van der Waals surface area contributed by atoms with Gasteiger partial charge in [-0.15, -0.1) is 5.10 Å². The van der Waals surface area contributed by atoms with Crippen LogP contribution in [0.2, 0.25) is 0 Å². The summed E-state index contributed by atoms with van der Waals surface area (Å²) in [6, 6.07) is 6.15. The normalized spacial score (nSPS) is 14.4. The van der Waals surface area contributed by atoms with Crippen molar-refractivity contribution in [3.63, 3.8) is 0 Å². The first-order valence-corrected chi connectivity index (χ1v) is 6.43. The third kappa shape index (κ3) is 2.07. The summed E-state index contributed by atoms with van der Waals surface area (Å²) in [4.78, 5) is 4.37. The number of pyridine rings is 1. The van der Waals surface area contributed by atoms with E-state index in [1.165, 1.54) is 11.8 Å². The molecule has 1 aliphatic carbocycles. The summed E-state index contributed by atoms with van der Waals surface area (Å²) >= 11 is 1.35. The van der Waals surface area contributed by atoms with Crippen molar-refractivity contribution in [2.45, 2.75) is 36.0 Å². The molecule has 0 aliphatic heterocycles. The van der Waals surface area contributed by atoms with Crippen molar-refractivity contribution in [1.29, 1.82) is 5.26 Å². The highest BCUT2D eigenvalue weighted by molar-refractivity contribution is 7.99. The first-order chi connectivity index (χ1) is 8.78. The third-order valence-electron chi connectivity index (χ3n) is 2.66. The van der Waals surface area contributed by atoms with Crippen LogP contribution in [0.3, 0.4) is 0 Å². The van der Waals surface area contributed by atoms with Gasteiger partial charge in [-0.1, -0.05) is 0 Å². The Morgan fingerprint density at radius 1 is 1.44 bits per heavy atom. The highest BCUT2D eigenvalue weighted by atomic mass is 32.2. The Bertz CT molecular complexity index is 625. The predicted molar refractivity (Wildman–Crippen MR) is 63.9 cm³/mol. The number of aryl methyl sites for hydroxylation is 1. The van der Waals surface area contributed by atoms with Crippen LogP contribution < -0.4 is 0 Å². The summed E-state index contributed by atoms with van der Waals surface area (Å²) in [6.07, 6.45) is 2.23. The van der Waals surface area contributed by atoms with Crippen molar-refractivity contribution >= 4 is 11.8 Å². The molecule has 2 heterocycles. The van der Waals surface area contributed by atoms with Gasteiger partial charge in [0.15, 0.2) is 0 Å². The van der Waals surface area contributed by atoms with Crippen LogP contribution in [0.4, 0.5) is 0 Å². The van der Waals surface area contributed by atoms with Crippen molar-refractivity contribution < 1.29 is 0 Å². The van der Waals surface area contributed by atoms with E-state index in [-0.39, 0.29) is 0 Å². The zero-order valence-electron chi connectivity index (χ0n) is 9.74. The van der Waals surface area contributed by atoms with Gasteiger partial charge in [0.05, 0.1) is 11.6 Å². The molecule has 0 saturated heterocycles. The molecule has 18 heavy (non-hydrogen) atoms. The van der Waals surface area contributed by atoms with Crippen molar-refractivity contribution in [1.82, 2.24) is 25.2 Å². The summed E-state index contributed by atoms with van der Waals surface area (Å²) in [5.41, 5.74) is 1.43. The van der Waals surface area contributed by atoms with Gasteiger partial charge in [0.2, 0.25) is 5.16 Å². The summed E-state index contributed by atoms with van der Waals surface area (Å²) in [5.74, 6) is 0. The average molecular weight is 258 g/mol. The van der Waals surface area contributed by atoms with Crippen LogP contribution in [0.1, 0.15) is 30.1 Å². The molecule has 0 amide bonds. The lowest BCUT2D eigenvalue weighted by Gasteiger charge is -2.04. The second kappa shape index (κ2) is 4.38. The summed E-state index contributed by atoms with van der Waals surface area (Å²) in [6.45, 7) is 1.90. The first-order valence-electron chi connectivity index (χ1n) is 5.61. The van der Waals surface area contributed by atoms with E-state index >= 15 is 0 Å². The van der Waals surface area contributed by atoms with Gasteiger partial charge in [0.1, 0.15) is 11.1 Å². The summed E-state index contributed by atoms with van der Waals surface area (Å²) < 4.78 is 1.82. The molecule has 7 heteroatoms. The minimum Gasteiger partial charge on any atom is -0.245 e. The lowest BCUT2D eigenvalue weighted by molar-refractivity contribution is 0.565. The molecule has 0 aromatic carbocycles. The van der Waals surface area contributed by atoms with Gasteiger partial charge in [0, 0.05) is 5.69 Å². The van der Waals surface area contributed by atoms with E-state index in [1.54, 1.807) is 6.07 Å². The Labute approximate surface area is 108 Å². The summed E-state index contributed by atoms with van der Waals surface area (Å²) in [5, 5.41) is 22.1. The van der Waals surface area contributed by atoms with Crippen LogP contribution in [0, 0.1) is 18.3 Å². The largest absolute Gasteiger partial charge is 0.245 e. The lowest BCUT2D eigenvalue weighted by atomic mass is 10.3. The van der Waals surface area contributed by atoms with Crippen molar-refractivity contribution in [3.05, 3.63) is 23.4 Å². The minimum absolute atomic E-state index is 0.415. The number of nitriles is 1. The fourth-order valence-electron chi connectivity index (χ4n) is 1.58. The van der Waals surface area contributed by atoms with Crippen LogP contribution in [-0.4, -0.2) is 25.2 Å². The molecule has 1 aliphatic rings. The molecule has 3 rings (SSSR count). The standard InChI is InChI=1S/C11H10N6S/c1-7-2-3-8(6-12)10(13-7)18-11-14-15-16-17(11)9-4-5-9/h2-3,9H,4-5H2,1H3. The van der Waals surface area contributed by atoms with Crippen LogP contribution >= 0.6 is 11.8 Å². The van der Waals surface area contributed by atoms with Crippen LogP contribution in [-0.2, 0) is 0 Å². The van der Waals surface area contributed by atoms with Crippen molar-refractivity contribution in [3.8, 4) is 6.07 Å². The van der Waals surface area contributed by atoms with Gasteiger partial charge in [-0.05, 0) is 54.1 Å². The zero-order chi connectivity index (χ0) is 12.5. The highest BCUT2D eigenvalue weighted by Gasteiger charge is 2.28. The molecule has 90 valence electrons. The lowest BCUT2D eigenvalue weighted by Crippen LogP contribution is -1.99. The number of hydrogen-bond donors (Lipinski definition) is 0. The Hall–Kier alpha value is -1.94. The molecule has 2 aromatic heterocycles. The fraction of sp³-hybridized carbons (Fsp3) is 0.364. The molecule has 6 nitrogen and oxygen atoms in total. The topological polar surface area (TPSA) is 80.3 Å². The minimum atomic E-state index is 0.415. The van der Waals surface area contributed by atoms with Crippen LogP contribution in [0.25, 0.3) is 0 Å². The second-order valence-corrected chi connectivity index (χ2v) is 5.11. The van der Waals surface area contributed by atoms with Gasteiger partial charge >= 0.3 is 0 Å². The van der Waals surface area contributed by atoms with Crippen LogP contribution in [0.5, 0.6) is 0 Å². The molecule has 2 aromatic rings. The van der Waals surface area contributed by atoms with E-state index in [2.05, 4.69) is 26.6 Å². The SMILES string of the molecule is Cc1ccc(C#N)c(Sc2nnnn2C2CC2)n1. The summed E-state index contributed by atoms with van der Waals surface area (Å²) in [7, 11) is 0. The van der Waals surface area contributed by atoms with Crippen molar-refractivity contribution in [2.24, 2.45) is 0 Å². The van der Waals surface area contributed by atoms with Gasteiger partial charge < -0.3 is 0 Å². The molecule has 0 N–H and O–H groups in total. The molecule has 0 bridgehead atoms. The number of rotatable bonds is 3. The van der Waals surface area contributed by atoms with Gasteiger partial charge in [0.25, 0.3) is 0 Å². The average Bonchev–Trinajstić information content (AvgIpc) is 3.11. The van der Waals surface area contributed by atoms with E-state index in [1.807, 2.05) is 17.7 Å². The molecule has 1 saturated carbocycles. The highest BCUT2D eigenvalue weighted by Crippen LogP contribution is 2.38. The van der Waals surface area contributed by atoms with Gasteiger partial charge in [-0.3, -0.25) is 0 Å². The van der Waals surface area contributed by atoms with Crippen molar-refractivity contribution in [2.75, 3.05) is 0 Å². The predicted octanol–water partition coefficient (Wildman–Crippen LogP) is 1.73. The maximum Gasteiger partial charge on any atom is 0.215 e. The van der Waals surface area contributed by atoms with E-state index < -0.39 is 0 Å². The quantitative estimate of drug-likeness (QED) is 0.834. The Kier molecular flexibility index (Phi) is 2.72. The second-order valence-electron chi connectivity index (χ2n) is 4.16.